The van der Waals surface area contributed by atoms with Crippen LogP contribution in [0.4, 0.5) is 0 Å². The first-order chi connectivity index (χ1) is 13.2. The minimum absolute atomic E-state index is 0.0955. The van der Waals surface area contributed by atoms with Gasteiger partial charge in [0.2, 0.25) is 5.91 Å². The average molecular weight is 378 g/mol. The first-order valence-electron chi connectivity index (χ1n) is 9.12. The van der Waals surface area contributed by atoms with Crippen LogP contribution in [0.5, 0.6) is 0 Å². The summed E-state index contributed by atoms with van der Waals surface area (Å²) in [5.74, 6) is 0.286. The highest BCUT2D eigenvalue weighted by molar-refractivity contribution is 8.00. The highest BCUT2D eigenvalue weighted by Crippen LogP contribution is 2.44. The number of rotatable bonds is 1. The third-order valence-corrected chi connectivity index (χ3v) is 6.84. The number of hydrogen-bond donors (Lipinski definition) is 0. The highest BCUT2D eigenvalue weighted by Gasteiger charge is 2.48. The Kier molecular flexibility index (Phi) is 3.82. The molecule has 5 rings (SSSR count). The molecule has 5 nitrogen and oxygen atoms in total. The Morgan fingerprint density at radius 3 is 2.26 bits per heavy atom. The average Bonchev–Trinajstić information content (AvgIpc) is 2.86. The molecule has 1 saturated heterocycles. The van der Waals surface area contributed by atoms with Crippen LogP contribution >= 0.6 is 11.8 Å². The summed E-state index contributed by atoms with van der Waals surface area (Å²) < 4.78 is 0. The molecule has 0 spiro atoms. The number of imide groups is 1. The molecule has 1 fully saturated rings. The van der Waals surface area contributed by atoms with E-state index >= 15 is 0 Å². The van der Waals surface area contributed by atoms with E-state index in [1.807, 2.05) is 29.2 Å². The third-order valence-electron chi connectivity index (χ3n) is 5.61. The van der Waals surface area contributed by atoms with E-state index in [1.165, 1.54) is 4.90 Å². The molecule has 27 heavy (non-hydrogen) atoms. The van der Waals surface area contributed by atoms with E-state index in [9.17, 15) is 14.4 Å². The lowest BCUT2D eigenvalue weighted by Gasteiger charge is -2.43. The second-order valence-corrected chi connectivity index (χ2v) is 8.24. The number of hydrogen-bond acceptors (Lipinski definition) is 4. The van der Waals surface area contributed by atoms with Crippen LogP contribution < -0.4 is 0 Å². The van der Waals surface area contributed by atoms with E-state index in [2.05, 4.69) is 0 Å². The summed E-state index contributed by atoms with van der Waals surface area (Å²) >= 11 is 1.59. The first kappa shape index (κ1) is 16.6. The lowest BCUT2D eigenvalue weighted by atomic mass is 9.97. The molecule has 2 aromatic carbocycles. The second kappa shape index (κ2) is 6.23. The molecule has 2 unspecified atom stereocenters. The zero-order chi connectivity index (χ0) is 18.5. The number of carbonyl (C=O) groups excluding carboxylic acids is 3. The largest absolute Gasteiger partial charge is 0.332 e. The smallest absolute Gasteiger partial charge is 0.262 e. The molecule has 3 aliphatic rings. The minimum atomic E-state index is -0.408. The van der Waals surface area contributed by atoms with Crippen molar-refractivity contribution < 1.29 is 14.4 Å². The van der Waals surface area contributed by atoms with Gasteiger partial charge in [-0.1, -0.05) is 36.4 Å². The van der Waals surface area contributed by atoms with Gasteiger partial charge in [0.25, 0.3) is 11.8 Å². The zero-order valence-electron chi connectivity index (χ0n) is 14.6. The number of benzene rings is 2. The van der Waals surface area contributed by atoms with Gasteiger partial charge in [0.1, 0.15) is 5.37 Å². The molecule has 3 aliphatic heterocycles. The number of nitrogens with zero attached hydrogens (tertiary/aromatic N) is 2. The molecular weight excluding hydrogens is 360 g/mol. The van der Waals surface area contributed by atoms with Crippen LogP contribution in [0.25, 0.3) is 0 Å². The van der Waals surface area contributed by atoms with Crippen LogP contribution in [0, 0.1) is 0 Å². The summed E-state index contributed by atoms with van der Waals surface area (Å²) in [6.45, 7) is 0.641. The predicted molar refractivity (Wildman–Crippen MR) is 102 cm³/mol. The molecule has 2 atom stereocenters. The van der Waals surface area contributed by atoms with Gasteiger partial charge in [-0.15, -0.1) is 11.8 Å². The standard InChI is InChI=1S/C21H18N2O3S/c24-17-10-9-13-5-1-2-6-14(13)18-21(27-12-11-22(17)18)23-19(25)15-7-3-4-8-16(15)20(23)26/h1-8,18,21H,9-12H2. The molecule has 3 heterocycles. The summed E-state index contributed by atoms with van der Waals surface area (Å²) in [5, 5.41) is -0.408. The van der Waals surface area contributed by atoms with E-state index in [4.69, 9.17) is 0 Å². The van der Waals surface area contributed by atoms with Crippen molar-refractivity contribution in [3.63, 3.8) is 0 Å². The van der Waals surface area contributed by atoms with E-state index in [-0.39, 0.29) is 23.8 Å². The maximum Gasteiger partial charge on any atom is 0.262 e. The topological polar surface area (TPSA) is 57.7 Å². The first-order valence-corrected chi connectivity index (χ1v) is 10.2. The number of fused-ring (bicyclic) bond motifs is 4. The minimum Gasteiger partial charge on any atom is -0.332 e. The Bertz CT molecular complexity index is 938. The fourth-order valence-electron chi connectivity index (χ4n) is 4.35. The highest BCUT2D eigenvalue weighted by atomic mass is 32.2. The van der Waals surface area contributed by atoms with Gasteiger partial charge in [-0.3, -0.25) is 19.3 Å². The zero-order valence-corrected chi connectivity index (χ0v) is 15.4. The van der Waals surface area contributed by atoms with Crippen LogP contribution in [0.15, 0.2) is 48.5 Å². The number of thioether (sulfide) groups is 1. The van der Waals surface area contributed by atoms with Crippen molar-refractivity contribution in [2.75, 3.05) is 12.3 Å². The van der Waals surface area contributed by atoms with E-state index in [0.717, 1.165) is 11.1 Å². The molecule has 2 aromatic rings. The fourth-order valence-corrected chi connectivity index (χ4v) is 5.71. The molecular formula is C21H18N2O3S. The summed E-state index contributed by atoms with van der Waals surface area (Å²) in [4.78, 5) is 42.1. The summed E-state index contributed by atoms with van der Waals surface area (Å²) in [5.41, 5.74) is 3.08. The monoisotopic (exact) mass is 378 g/mol. The van der Waals surface area contributed by atoms with E-state index in [1.54, 1.807) is 36.0 Å². The van der Waals surface area contributed by atoms with Gasteiger partial charge >= 0.3 is 0 Å². The maximum atomic E-state index is 13.0. The maximum absolute atomic E-state index is 13.0. The summed E-state index contributed by atoms with van der Waals surface area (Å²) in [7, 11) is 0. The van der Waals surface area contributed by atoms with Crippen LogP contribution in [0.1, 0.15) is 44.3 Å². The Labute approximate surface area is 161 Å². The van der Waals surface area contributed by atoms with Gasteiger partial charge in [0, 0.05) is 18.7 Å². The van der Waals surface area contributed by atoms with Crippen molar-refractivity contribution in [3.8, 4) is 0 Å². The van der Waals surface area contributed by atoms with Crippen molar-refractivity contribution in [2.45, 2.75) is 24.3 Å². The molecule has 136 valence electrons. The normalized spacial score (nSPS) is 24.4. The SMILES string of the molecule is O=C1CCc2ccccc2C2C(N3C(=O)c4ccccc4C3=O)SCCN12. The van der Waals surface area contributed by atoms with Gasteiger partial charge in [0.15, 0.2) is 0 Å². The molecule has 3 amide bonds. The van der Waals surface area contributed by atoms with Crippen molar-refractivity contribution in [1.82, 2.24) is 9.80 Å². The lowest BCUT2D eigenvalue weighted by Crippen LogP contribution is -2.52. The Morgan fingerprint density at radius 2 is 1.52 bits per heavy atom. The Morgan fingerprint density at radius 1 is 0.852 bits per heavy atom. The number of carbonyl (C=O) groups is 3. The van der Waals surface area contributed by atoms with Crippen molar-refractivity contribution in [1.29, 1.82) is 0 Å². The van der Waals surface area contributed by atoms with Crippen molar-refractivity contribution in [2.24, 2.45) is 0 Å². The third kappa shape index (κ3) is 2.43. The molecule has 0 aliphatic carbocycles. The second-order valence-electron chi connectivity index (χ2n) is 7.02. The fraction of sp³-hybridized carbons (Fsp3) is 0.286. The van der Waals surface area contributed by atoms with Gasteiger partial charge in [0.05, 0.1) is 17.2 Å². The lowest BCUT2D eigenvalue weighted by molar-refractivity contribution is -0.133. The molecule has 6 heteroatoms. The molecule has 0 saturated carbocycles. The molecule has 0 N–H and O–H groups in total. The van der Waals surface area contributed by atoms with Gasteiger partial charge in [-0.25, -0.2) is 0 Å². The molecule has 0 bridgehead atoms. The van der Waals surface area contributed by atoms with E-state index in [0.29, 0.717) is 36.3 Å². The molecule has 0 aromatic heterocycles. The van der Waals surface area contributed by atoms with Crippen LogP contribution in [0.2, 0.25) is 0 Å². The van der Waals surface area contributed by atoms with Crippen LogP contribution in [-0.4, -0.2) is 45.2 Å². The predicted octanol–water partition coefficient (Wildman–Crippen LogP) is 2.87. The van der Waals surface area contributed by atoms with Crippen molar-refractivity contribution in [3.05, 3.63) is 70.8 Å². The van der Waals surface area contributed by atoms with Gasteiger partial charge < -0.3 is 4.90 Å². The van der Waals surface area contributed by atoms with Crippen molar-refractivity contribution >= 4 is 29.5 Å². The summed E-state index contributed by atoms with van der Waals surface area (Å²) in [6.07, 6.45) is 1.16. The quantitative estimate of drug-likeness (QED) is 0.716. The van der Waals surface area contributed by atoms with Crippen LogP contribution in [-0.2, 0) is 11.2 Å². The Balaban J connectivity index is 1.62. The van der Waals surface area contributed by atoms with Crippen LogP contribution in [0.3, 0.4) is 0 Å². The van der Waals surface area contributed by atoms with Gasteiger partial charge in [-0.05, 0) is 29.7 Å². The number of aryl methyl sites for hydroxylation is 1. The van der Waals surface area contributed by atoms with Gasteiger partial charge in [-0.2, -0.15) is 0 Å². The van der Waals surface area contributed by atoms with E-state index < -0.39 is 5.37 Å². The Hall–Kier alpha value is -2.60. The summed E-state index contributed by atoms with van der Waals surface area (Å²) in [6, 6.07) is 14.7. The number of amides is 3. The molecule has 0 radical (unpaired) electrons.